The lowest BCUT2D eigenvalue weighted by molar-refractivity contribution is -0.120. The van der Waals surface area contributed by atoms with E-state index in [1.54, 1.807) is 7.11 Å². The van der Waals surface area contributed by atoms with Crippen molar-refractivity contribution in [3.63, 3.8) is 0 Å². The summed E-state index contributed by atoms with van der Waals surface area (Å²) in [6.45, 7) is 4.88. The smallest absolute Gasteiger partial charge is 0.234 e. The van der Waals surface area contributed by atoms with Gasteiger partial charge in [0.2, 0.25) is 5.91 Å². The second-order valence-electron chi connectivity index (χ2n) is 5.61. The van der Waals surface area contributed by atoms with Crippen LogP contribution >= 0.6 is 0 Å². The van der Waals surface area contributed by atoms with Crippen LogP contribution in [0.4, 0.5) is 0 Å². The van der Waals surface area contributed by atoms with Crippen LogP contribution in [0.3, 0.4) is 0 Å². The van der Waals surface area contributed by atoms with Crippen LogP contribution in [0.1, 0.15) is 29.7 Å². The number of carbonyl (C=O) groups excluding carboxylic acids is 1. The van der Waals surface area contributed by atoms with Crippen LogP contribution in [0.15, 0.2) is 48.5 Å². The van der Waals surface area contributed by atoms with Crippen molar-refractivity contribution in [2.24, 2.45) is 0 Å². The molecular weight excluding hydrogens is 288 g/mol. The Kier molecular flexibility index (Phi) is 6.18. The molecule has 0 radical (unpaired) electrons. The fourth-order valence-corrected chi connectivity index (χ4v) is 2.35. The fraction of sp³-hybridized carbons (Fsp3) is 0.316. The molecule has 0 aliphatic rings. The molecule has 1 atom stereocenters. The predicted octanol–water partition coefficient (Wildman–Crippen LogP) is 2.97. The molecule has 0 fully saturated rings. The molecule has 0 spiro atoms. The third-order valence-corrected chi connectivity index (χ3v) is 3.78. The van der Waals surface area contributed by atoms with Gasteiger partial charge in [0.15, 0.2) is 0 Å². The number of amides is 1. The molecule has 2 N–H and O–H groups in total. The van der Waals surface area contributed by atoms with Crippen molar-refractivity contribution >= 4 is 5.91 Å². The Hall–Kier alpha value is -2.33. The molecule has 2 aromatic rings. The first-order valence-corrected chi connectivity index (χ1v) is 7.78. The highest BCUT2D eigenvalue weighted by Crippen LogP contribution is 2.23. The Labute approximate surface area is 137 Å². The fourth-order valence-electron chi connectivity index (χ4n) is 2.35. The van der Waals surface area contributed by atoms with Gasteiger partial charge in [0.1, 0.15) is 5.75 Å². The van der Waals surface area contributed by atoms with Crippen LogP contribution in [0.25, 0.3) is 0 Å². The topological polar surface area (TPSA) is 50.4 Å². The van der Waals surface area contributed by atoms with E-state index >= 15 is 0 Å². The predicted molar refractivity (Wildman–Crippen MR) is 92.4 cm³/mol. The molecule has 0 saturated heterocycles. The van der Waals surface area contributed by atoms with E-state index in [4.69, 9.17) is 4.74 Å². The number of para-hydroxylation sites is 1. The van der Waals surface area contributed by atoms with Crippen molar-refractivity contribution < 1.29 is 9.53 Å². The normalized spacial score (nSPS) is 11.8. The Morgan fingerprint density at radius 1 is 1.13 bits per heavy atom. The number of ether oxygens (including phenoxy) is 1. The van der Waals surface area contributed by atoms with E-state index in [2.05, 4.69) is 10.6 Å². The summed E-state index contributed by atoms with van der Waals surface area (Å²) < 4.78 is 5.35. The Morgan fingerprint density at radius 2 is 1.83 bits per heavy atom. The summed E-state index contributed by atoms with van der Waals surface area (Å²) >= 11 is 0. The quantitative estimate of drug-likeness (QED) is 0.826. The van der Waals surface area contributed by atoms with Gasteiger partial charge >= 0.3 is 0 Å². The van der Waals surface area contributed by atoms with E-state index < -0.39 is 0 Å². The first-order valence-electron chi connectivity index (χ1n) is 7.78. The Balaban J connectivity index is 1.80. The molecule has 0 aliphatic carbocycles. The molecular formula is C19H24N2O2. The zero-order chi connectivity index (χ0) is 16.7. The molecule has 1 unspecified atom stereocenters. The molecule has 1 amide bonds. The summed E-state index contributed by atoms with van der Waals surface area (Å²) in [5.74, 6) is 0.805. The number of hydrogen-bond donors (Lipinski definition) is 2. The number of carbonyl (C=O) groups is 1. The zero-order valence-electron chi connectivity index (χ0n) is 13.9. The maximum atomic E-state index is 12.0. The highest BCUT2D eigenvalue weighted by atomic mass is 16.5. The minimum Gasteiger partial charge on any atom is -0.496 e. The van der Waals surface area contributed by atoms with Gasteiger partial charge in [-0.25, -0.2) is 0 Å². The van der Waals surface area contributed by atoms with Gasteiger partial charge in [0, 0.05) is 18.2 Å². The molecule has 0 heterocycles. The van der Waals surface area contributed by atoms with Gasteiger partial charge in [-0.1, -0.05) is 48.0 Å². The molecule has 2 rings (SSSR count). The summed E-state index contributed by atoms with van der Waals surface area (Å²) in [5.41, 5.74) is 3.36. The van der Waals surface area contributed by atoms with Crippen molar-refractivity contribution in [2.75, 3.05) is 13.7 Å². The molecule has 0 bridgehead atoms. The zero-order valence-corrected chi connectivity index (χ0v) is 13.9. The Bertz CT molecular complexity index is 638. The summed E-state index contributed by atoms with van der Waals surface area (Å²) in [6, 6.07) is 16.0. The number of rotatable bonds is 7. The number of aryl methyl sites for hydroxylation is 1. The highest BCUT2D eigenvalue weighted by Gasteiger charge is 2.11. The van der Waals surface area contributed by atoms with Gasteiger partial charge in [-0.3, -0.25) is 4.79 Å². The second-order valence-corrected chi connectivity index (χ2v) is 5.61. The van der Waals surface area contributed by atoms with Crippen molar-refractivity contribution in [2.45, 2.75) is 26.4 Å². The van der Waals surface area contributed by atoms with Crippen molar-refractivity contribution in [1.82, 2.24) is 10.6 Å². The first-order chi connectivity index (χ1) is 11.1. The van der Waals surface area contributed by atoms with Gasteiger partial charge in [-0.2, -0.15) is 0 Å². The van der Waals surface area contributed by atoms with Crippen LogP contribution in [-0.2, 0) is 11.3 Å². The lowest BCUT2D eigenvalue weighted by Gasteiger charge is -2.17. The number of benzene rings is 2. The van der Waals surface area contributed by atoms with Crippen LogP contribution < -0.4 is 15.4 Å². The monoisotopic (exact) mass is 312 g/mol. The lowest BCUT2D eigenvalue weighted by Crippen LogP contribution is -2.34. The van der Waals surface area contributed by atoms with E-state index in [0.29, 0.717) is 6.54 Å². The van der Waals surface area contributed by atoms with E-state index in [9.17, 15) is 4.79 Å². The number of methoxy groups -OCH3 is 1. The van der Waals surface area contributed by atoms with Gasteiger partial charge in [-0.15, -0.1) is 0 Å². The van der Waals surface area contributed by atoms with E-state index in [0.717, 1.165) is 16.9 Å². The van der Waals surface area contributed by atoms with Crippen molar-refractivity contribution in [3.8, 4) is 5.75 Å². The molecule has 23 heavy (non-hydrogen) atoms. The molecule has 0 aromatic heterocycles. The van der Waals surface area contributed by atoms with Crippen molar-refractivity contribution in [1.29, 1.82) is 0 Å². The van der Waals surface area contributed by atoms with Crippen LogP contribution in [-0.4, -0.2) is 19.6 Å². The number of nitrogens with one attached hydrogen (secondary N) is 2. The summed E-state index contributed by atoms with van der Waals surface area (Å²) in [6.07, 6.45) is 0. The number of hydrogen-bond acceptors (Lipinski definition) is 3. The van der Waals surface area contributed by atoms with Gasteiger partial charge in [0.25, 0.3) is 0 Å². The average Bonchev–Trinajstić information content (AvgIpc) is 2.59. The van der Waals surface area contributed by atoms with Gasteiger partial charge < -0.3 is 15.4 Å². The SMILES string of the molecule is COc1ccccc1C(C)NCC(=O)NCc1ccc(C)cc1. The third-order valence-electron chi connectivity index (χ3n) is 3.78. The maximum Gasteiger partial charge on any atom is 0.234 e. The summed E-state index contributed by atoms with van der Waals surface area (Å²) in [5, 5.41) is 6.15. The molecule has 4 nitrogen and oxygen atoms in total. The van der Waals surface area contributed by atoms with Gasteiger partial charge in [0.05, 0.1) is 13.7 Å². The minimum atomic E-state index is -0.0210. The van der Waals surface area contributed by atoms with E-state index in [1.807, 2.05) is 62.4 Å². The minimum absolute atomic E-state index is 0.0210. The Morgan fingerprint density at radius 3 is 2.52 bits per heavy atom. The van der Waals surface area contributed by atoms with E-state index in [-0.39, 0.29) is 18.5 Å². The second kappa shape index (κ2) is 8.34. The van der Waals surface area contributed by atoms with Crippen LogP contribution in [0.2, 0.25) is 0 Å². The van der Waals surface area contributed by atoms with Crippen molar-refractivity contribution in [3.05, 3.63) is 65.2 Å². The van der Waals surface area contributed by atoms with E-state index in [1.165, 1.54) is 5.56 Å². The lowest BCUT2D eigenvalue weighted by atomic mass is 10.1. The van der Waals surface area contributed by atoms with Crippen LogP contribution in [0, 0.1) is 6.92 Å². The summed E-state index contributed by atoms with van der Waals surface area (Å²) in [7, 11) is 1.65. The first kappa shape index (κ1) is 17.0. The molecule has 4 heteroatoms. The molecule has 0 aliphatic heterocycles. The largest absolute Gasteiger partial charge is 0.496 e. The van der Waals surface area contributed by atoms with Crippen LogP contribution in [0.5, 0.6) is 5.75 Å². The molecule has 0 saturated carbocycles. The molecule has 122 valence electrons. The summed E-state index contributed by atoms with van der Waals surface area (Å²) in [4.78, 5) is 12.0. The maximum absolute atomic E-state index is 12.0. The van der Waals surface area contributed by atoms with Gasteiger partial charge in [-0.05, 0) is 25.5 Å². The third kappa shape index (κ3) is 5.11. The molecule has 2 aromatic carbocycles. The standard InChI is InChI=1S/C19H24N2O2/c1-14-8-10-16(11-9-14)12-21-19(22)13-20-15(2)17-6-4-5-7-18(17)23-3/h4-11,15,20H,12-13H2,1-3H3,(H,21,22). The highest BCUT2D eigenvalue weighted by molar-refractivity contribution is 5.78. The average molecular weight is 312 g/mol.